The highest BCUT2D eigenvalue weighted by Crippen LogP contribution is 2.56. The zero-order chi connectivity index (χ0) is 51.0. The van der Waals surface area contributed by atoms with E-state index in [1.807, 2.05) is 159 Å². The number of ether oxygens (including phenoxy) is 2. The molecule has 0 amide bonds. The second-order valence-electron chi connectivity index (χ2n) is 17.3. The molecule has 0 fully saturated rings. The van der Waals surface area contributed by atoms with Crippen molar-refractivity contribution in [1.29, 1.82) is 0 Å². The third-order valence-electron chi connectivity index (χ3n) is 12.8. The number of halogens is 4. The highest BCUT2D eigenvalue weighted by atomic mass is 127. The van der Waals surface area contributed by atoms with E-state index in [-0.39, 0.29) is 9.79 Å². The first kappa shape index (κ1) is 51.6. The van der Waals surface area contributed by atoms with Gasteiger partial charge >= 0.3 is 0 Å². The van der Waals surface area contributed by atoms with E-state index >= 15 is 0 Å². The van der Waals surface area contributed by atoms with E-state index in [0.717, 1.165) is 73.9 Å². The van der Waals surface area contributed by atoms with Crippen molar-refractivity contribution in [3.63, 3.8) is 0 Å². The first-order valence-corrected chi connectivity index (χ1v) is 28.4. The van der Waals surface area contributed by atoms with Crippen LogP contribution in [0.2, 0.25) is 10.0 Å². The van der Waals surface area contributed by atoms with E-state index in [4.69, 9.17) is 32.7 Å². The molecule has 0 saturated carbocycles. The molecule has 2 atom stereocenters. The molecular weight excluding hydrogens is 1210 g/mol. The molecule has 14 heteroatoms. The number of nitrogens with one attached hydrogen (secondary N) is 2. The van der Waals surface area contributed by atoms with E-state index in [1.54, 1.807) is 62.8 Å². The summed E-state index contributed by atoms with van der Waals surface area (Å²) in [6, 6.07) is 59.9. The lowest BCUT2D eigenvalue weighted by Crippen LogP contribution is -2.46. The highest BCUT2D eigenvalue weighted by molar-refractivity contribution is 14.1. The Morgan fingerprint density at radius 1 is 0.444 bits per heavy atom. The lowest BCUT2D eigenvalue weighted by Gasteiger charge is -2.33. The molecule has 8 aromatic rings. The molecule has 8 nitrogen and oxygen atoms in total. The van der Waals surface area contributed by atoms with Crippen molar-refractivity contribution in [2.24, 2.45) is 0 Å². The van der Waals surface area contributed by atoms with Crippen molar-refractivity contribution in [1.82, 2.24) is 9.44 Å². The Kier molecular flexibility index (Phi) is 15.0. The summed E-state index contributed by atoms with van der Waals surface area (Å²) in [5, 5.41) is 1.27. The quantitative estimate of drug-likeness (QED) is 0.118. The fraction of sp³-hybridized carbons (Fsp3) is 0.103. The van der Waals surface area contributed by atoms with Crippen molar-refractivity contribution >= 4 is 99.6 Å². The Morgan fingerprint density at radius 2 is 0.778 bits per heavy atom. The van der Waals surface area contributed by atoms with Gasteiger partial charge in [0.25, 0.3) is 0 Å². The summed E-state index contributed by atoms with van der Waals surface area (Å²) in [5.41, 5.74) is 8.52. The maximum Gasteiger partial charge on any atom is 0.241 e. The summed E-state index contributed by atoms with van der Waals surface area (Å²) in [4.78, 5) is 0.411. The average molecular weight is 1260 g/mol. The van der Waals surface area contributed by atoms with Gasteiger partial charge in [0.05, 0.1) is 24.0 Å². The topological polar surface area (TPSA) is 111 Å². The van der Waals surface area contributed by atoms with Crippen LogP contribution in [0.15, 0.2) is 211 Å². The van der Waals surface area contributed by atoms with Gasteiger partial charge in [-0.25, -0.2) is 16.8 Å². The number of hydrogen-bond donors (Lipinski definition) is 2. The van der Waals surface area contributed by atoms with Crippen LogP contribution >= 0.6 is 68.4 Å². The monoisotopic (exact) mass is 1250 g/mol. The largest absolute Gasteiger partial charge is 0.497 e. The molecule has 364 valence electrons. The smallest absolute Gasteiger partial charge is 0.241 e. The van der Waals surface area contributed by atoms with Crippen LogP contribution in [0.3, 0.4) is 0 Å². The van der Waals surface area contributed by atoms with Gasteiger partial charge in [-0.05, 0) is 176 Å². The third-order valence-corrected chi connectivity index (χ3v) is 19.0. The van der Waals surface area contributed by atoms with Gasteiger partial charge in [-0.1, -0.05) is 156 Å². The fourth-order valence-corrected chi connectivity index (χ4v) is 15.2. The summed E-state index contributed by atoms with van der Waals surface area (Å²) >= 11 is 16.9. The first-order chi connectivity index (χ1) is 34.5. The second-order valence-corrected chi connectivity index (χ2v) is 23.7. The standard InChI is InChI=1S/2C29H23ClINO3S/c2*1-19-8-15-24(16-9-19)36(33,34)32-29(21-6-4-3-5-7-21)26-18-23(35-2)14-17-25(26)27(28(29)31)20-10-12-22(30)13-11-20/h2*3-18,32H,1-2H3/t2*29-/m10/s1. The summed E-state index contributed by atoms with van der Waals surface area (Å²) in [7, 11) is -4.64. The Hall–Kier alpha value is -5.30. The van der Waals surface area contributed by atoms with Crippen LogP contribution in [0.4, 0.5) is 0 Å². The number of hydrogen-bond acceptors (Lipinski definition) is 6. The first-order valence-electron chi connectivity index (χ1n) is 22.5. The van der Waals surface area contributed by atoms with Crippen molar-refractivity contribution in [3.8, 4) is 11.5 Å². The zero-order valence-corrected chi connectivity index (χ0v) is 46.7. The van der Waals surface area contributed by atoms with Crippen molar-refractivity contribution < 1.29 is 26.3 Å². The molecule has 0 radical (unpaired) electrons. The maximum atomic E-state index is 13.9. The zero-order valence-electron chi connectivity index (χ0n) is 39.3. The van der Waals surface area contributed by atoms with Gasteiger partial charge in [0.1, 0.15) is 22.6 Å². The minimum atomic E-state index is -3.93. The molecule has 2 aliphatic rings. The van der Waals surface area contributed by atoms with Crippen LogP contribution in [0.1, 0.15) is 55.6 Å². The van der Waals surface area contributed by atoms with Crippen LogP contribution in [-0.4, -0.2) is 31.1 Å². The normalized spacial score (nSPS) is 17.2. The van der Waals surface area contributed by atoms with Gasteiger partial charge in [0.2, 0.25) is 20.0 Å². The molecule has 0 bridgehead atoms. The van der Waals surface area contributed by atoms with Gasteiger partial charge < -0.3 is 9.47 Å². The third kappa shape index (κ3) is 9.68. The summed E-state index contributed by atoms with van der Waals surface area (Å²) in [6.45, 7) is 3.86. The minimum absolute atomic E-state index is 0.206. The van der Waals surface area contributed by atoms with Gasteiger partial charge in [0, 0.05) is 28.4 Å². The molecule has 0 spiro atoms. The maximum absolute atomic E-state index is 13.9. The van der Waals surface area contributed by atoms with Gasteiger partial charge in [-0.2, -0.15) is 9.44 Å². The number of methoxy groups -OCH3 is 2. The molecule has 2 aliphatic carbocycles. The second kappa shape index (κ2) is 20.9. The Labute approximate surface area is 458 Å². The molecule has 10 rings (SSSR count). The van der Waals surface area contributed by atoms with Crippen LogP contribution in [0, 0.1) is 13.8 Å². The van der Waals surface area contributed by atoms with E-state index < -0.39 is 31.1 Å². The summed E-state index contributed by atoms with van der Waals surface area (Å²) in [6.07, 6.45) is 0. The Bertz CT molecular complexity index is 3380. The van der Waals surface area contributed by atoms with Crippen LogP contribution < -0.4 is 18.9 Å². The van der Waals surface area contributed by atoms with E-state index in [0.29, 0.717) is 21.5 Å². The Morgan fingerprint density at radius 3 is 1.10 bits per heavy atom. The number of benzene rings is 8. The average Bonchev–Trinajstić information content (AvgIpc) is 3.77. The van der Waals surface area contributed by atoms with E-state index in [9.17, 15) is 16.8 Å². The van der Waals surface area contributed by atoms with Crippen molar-refractivity contribution in [2.75, 3.05) is 14.2 Å². The molecule has 0 heterocycles. The molecular formula is C58H46Cl2I2N2O6S2. The van der Waals surface area contributed by atoms with Crippen LogP contribution in [0.25, 0.3) is 11.1 Å². The fourth-order valence-electron chi connectivity index (χ4n) is 9.22. The number of sulfonamides is 2. The lowest BCUT2D eigenvalue weighted by atomic mass is 9.85. The Balaban J connectivity index is 0.000000178. The van der Waals surface area contributed by atoms with Crippen LogP contribution in [0.5, 0.6) is 11.5 Å². The number of rotatable bonds is 12. The predicted octanol–water partition coefficient (Wildman–Crippen LogP) is 14.2. The van der Waals surface area contributed by atoms with E-state index in [2.05, 4.69) is 54.6 Å². The molecule has 0 unspecified atom stereocenters. The SMILES string of the molecule is COc1ccc2c(c1)[C@@](NS(=O)(=O)c1ccc(C)cc1)(c1ccccc1)C(I)=C2c1ccc(Cl)cc1.COc1ccc2c(c1)[C@](NS(=O)(=O)c1ccc(C)cc1)(c1ccccc1)C(I)=C2c1ccc(Cl)cc1. The molecule has 0 aromatic heterocycles. The molecule has 72 heavy (non-hydrogen) atoms. The van der Waals surface area contributed by atoms with E-state index in [1.165, 1.54) is 0 Å². The van der Waals surface area contributed by atoms with Gasteiger partial charge in [0.15, 0.2) is 0 Å². The lowest BCUT2D eigenvalue weighted by molar-refractivity contribution is 0.413. The van der Waals surface area contributed by atoms with Crippen molar-refractivity contribution in [2.45, 2.75) is 34.7 Å². The van der Waals surface area contributed by atoms with Gasteiger partial charge in [-0.15, -0.1) is 0 Å². The van der Waals surface area contributed by atoms with Crippen LogP contribution in [-0.2, 0) is 31.1 Å². The molecule has 8 aromatic carbocycles. The number of fused-ring (bicyclic) bond motifs is 2. The minimum Gasteiger partial charge on any atom is -0.497 e. The predicted molar refractivity (Wildman–Crippen MR) is 306 cm³/mol. The molecule has 0 aliphatic heterocycles. The summed E-state index contributed by atoms with van der Waals surface area (Å²) in [5.74, 6) is 1.29. The summed E-state index contributed by atoms with van der Waals surface area (Å²) < 4.78 is 74.6. The van der Waals surface area contributed by atoms with Gasteiger partial charge in [-0.3, -0.25) is 0 Å². The van der Waals surface area contributed by atoms with Crippen molar-refractivity contribution in [3.05, 3.63) is 267 Å². The number of aryl methyl sites for hydroxylation is 2. The highest BCUT2D eigenvalue weighted by Gasteiger charge is 2.50. The molecule has 2 N–H and O–H groups in total. The molecule has 0 saturated heterocycles.